The highest BCUT2D eigenvalue weighted by atomic mass is 16.5. The molecule has 16 heavy (non-hydrogen) atoms. The van der Waals surface area contributed by atoms with Crippen LogP contribution < -0.4 is 5.32 Å². The van der Waals surface area contributed by atoms with Crippen molar-refractivity contribution in [3.8, 4) is 0 Å². The monoisotopic (exact) mass is 228 g/mol. The SMILES string of the molecule is CCC(C)N(CC)CC1(CNC)CCOC1. The third-order valence-corrected chi connectivity index (χ3v) is 3.90. The Labute approximate surface area is 101 Å². The number of nitrogens with zero attached hydrogens (tertiary/aromatic N) is 1. The van der Waals surface area contributed by atoms with E-state index in [1.165, 1.54) is 19.4 Å². The predicted molar refractivity (Wildman–Crippen MR) is 68.8 cm³/mol. The lowest BCUT2D eigenvalue weighted by atomic mass is 9.86. The molecular formula is C13H28N2O. The van der Waals surface area contributed by atoms with Crippen molar-refractivity contribution in [2.24, 2.45) is 5.41 Å². The van der Waals surface area contributed by atoms with Crippen LogP contribution in [0.4, 0.5) is 0 Å². The van der Waals surface area contributed by atoms with E-state index in [2.05, 4.69) is 31.0 Å². The molecule has 0 aromatic heterocycles. The van der Waals surface area contributed by atoms with Crippen molar-refractivity contribution < 1.29 is 4.74 Å². The Hall–Kier alpha value is -0.120. The van der Waals surface area contributed by atoms with Crippen LogP contribution in [0.1, 0.15) is 33.6 Å². The quantitative estimate of drug-likeness (QED) is 0.718. The van der Waals surface area contributed by atoms with Gasteiger partial charge in [-0.1, -0.05) is 13.8 Å². The minimum Gasteiger partial charge on any atom is -0.381 e. The van der Waals surface area contributed by atoms with Gasteiger partial charge in [0.25, 0.3) is 0 Å². The summed E-state index contributed by atoms with van der Waals surface area (Å²) in [6.07, 6.45) is 2.42. The lowest BCUT2D eigenvalue weighted by Gasteiger charge is -2.36. The minimum absolute atomic E-state index is 0.341. The van der Waals surface area contributed by atoms with Gasteiger partial charge in [0, 0.05) is 31.2 Å². The Kier molecular flexibility index (Phi) is 5.73. The molecule has 3 nitrogen and oxygen atoms in total. The maximum atomic E-state index is 5.61. The van der Waals surface area contributed by atoms with Crippen molar-refractivity contribution in [3.63, 3.8) is 0 Å². The van der Waals surface area contributed by atoms with Gasteiger partial charge in [-0.05, 0) is 33.4 Å². The van der Waals surface area contributed by atoms with Gasteiger partial charge in [0.1, 0.15) is 0 Å². The summed E-state index contributed by atoms with van der Waals surface area (Å²) in [5.41, 5.74) is 0.341. The molecule has 0 spiro atoms. The number of nitrogens with one attached hydrogen (secondary N) is 1. The zero-order valence-corrected chi connectivity index (χ0v) is 11.4. The zero-order chi connectivity index (χ0) is 12.0. The molecule has 0 bridgehead atoms. The highest BCUT2D eigenvalue weighted by Gasteiger charge is 2.36. The van der Waals surface area contributed by atoms with Gasteiger partial charge in [-0.2, -0.15) is 0 Å². The summed E-state index contributed by atoms with van der Waals surface area (Å²) in [7, 11) is 2.04. The van der Waals surface area contributed by atoms with Crippen LogP contribution in [0.3, 0.4) is 0 Å². The lowest BCUT2D eigenvalue weighted by Crippen LogP contribution is -2.46. The van der Waals surface area contributed by atoms with Crippen LogP contribution in [0, 0.1) is 5.41 Å². The fraction of sp³-hybridized carbons (Fsp3) is 1.00. The number of ether oxygens (including phenoxy) is 1. The molecule has 1 heterocycles. The van der Waals surface area contributed by atoms with Crippen LogP contribution >= 0.6 is 0 Å². The van der Waals surface area contributed by atoms with Gasteiger partial charge in [0.15, 0.2) is 0 Å². The molecule has 2 unspecified atom stereocenters. The van der Waals surface area contributed by atoms with Crippen LogP contribution in [0.5, 0.6) is 0 Å². The molecule has 0 radical (unpaired) electrons. The summed E-state index contributed by atoms with van der Waals surface area (Å²) >= 11 is 0. The van der Waals surface area contributed by atoms with Crippen molar-refractivity contribution in [2.75, 3.05) is 39.9 Å². The molecule has 1 aliphatic heterocycles. The Morgan fingerprint density at radius 3 is 2.62 bits per heavy atom. The molecule has 3 heteroatoms. The van der Waals surface area contributed by atoms with Crippen molar-refractivity contribution in [1.29, 1.82) is 0 Å². The standard InChI is InChI=1S/C13H28N2O/c1-5-12(3)15(6-2)10-13(9-14-4)7-8-16-11-13/h12,14H,5-11H2,1-4H3. The first-order valence-electron chi connectivity index (χ1n) is 6.64. The van der Waals surface area contributed by atoms with Gasteiger partial charge in [0.2, 0.25) is 0 Å². The van der Waals surface area contributed by atoms with Crippen molar-refractivity contribution in [1.82, 2.24) is 10.2 Å². The van der Waals surface area contributed by atoms with E-state index in [0.717, 1.165) is 26.3 Å². The van der Waals surface area contributed by atoms with Crippen LogP contribution in [0.15, 0.2) is 0 Å². The third-order valence-electron chi connectivity index (χ3n) is 3.90. The molecule has 0 aliphatic carbocycles. The number of hydrogen-bond donors (Lipinski definition) is 1. The van der Waals surface area contributed by atoms with Crippen molar-refractivity contribution >= 4 is 0 Å². The molecule has 96 valence electrons. The number of hydrogen-bond acceptors (Lipinski definition) is 3. The highest BCUT2D eigenvalue weighted by Crippen LogP contribution is 2.29. The molecule has 2 atom stereocenters. The Morgan fingerprint density at radius 2 is 2.19 bits per heavy atom. The molecule has 0 aromatic carbocycles. The lowest BCUT2D eigenvalue weighted by molar-refractivity contribution is 0.0923. The first-order chi connectivity index (χ1) is 7.67. The molecular weight excluding hydrogens is 200 g/mol. The van der Waals surface area contributed by atoms with Gasteiger partial charge in [-0.15, -0.1) is 0 Å². The Morgan fingerprint density at radius 1 is 1.44 bits per heavy atom. The summed E-state index contributed by atoms with van der Waals surface area (Å²) in [6.45, 7) is 12.1. The van der Waals surface area contributed by atoms with E-state index in [-0.39, 0.29) is 0 Å². The summed E-state index contributed by atoms with van der Waals surface area (Å²) in [4.78, 5) is 2.59. The molecule has 1 fully saturated rings. The maximum Gasteiger partial charge on any atom is 0.0547 e. The fourth-order valence-electron chi connectivity index (χ4n) is 2.61. The van der Waals surface area contributed by atoms with E-state index in [1.54, 1.807) is 0 Å². The number of rotatable bonds is 7. The average molecular weight is 228 g/mol. The van der Waals surface area contributed by atoms with E-state index in [0.29, 0.717) is 11.5 Å². The summed E-state index contributed by atoms with van der Waals surface area (Å²) < 4.78 is 5.61. The fourth-order valence-corrected chi connectivity index (χ4v) is 2.61. The third kappa shape index (κ3) is 3.44. The molecule has 0 aromatic rings. The molecule has 0 amide bonds. The summed E-state index contributed by atoms with van der Waals surface area (Å²) in [6, 6.07) is 0.680. The smallest absolute Gasteiger partial charge is 0.0547 e. The first-order valence-corrected chi connectivity index (χ1v) is 6.64. The van der Waals surface area contributed by atoms with Crippen molar-refractivity contribution in [3.05, 3.63) is 0 Å². The van der Waals surface area contributed by atoms with Gasteiger partial charge in [-0.25, -0.2) is 0 Å². The van der Waals surface area contributed by atoms with Gasteiger partial charge < -0.3 is 15.0 Å². The average Bonchev–Trinajstić information content (AvgIpc) is 2.74. The van der Waals surface area contributed by atoms with Crippen LogP contribution in [-0.4, -0.2) is 50.8 Å². The van der Waals surface area contributed by atoms with E-state index < -0.39 is 0 Å². The van der Waals surface area contributed by atoms with Gasteiger partial charge in [0.05, 0.1) is 6.61 Å². The van der Waals surface area contributed by atoms with Crippen LogP contribution in [-0.2, 0) is 4.74 Å². The van der Waals surface area contributed by atoms with Gasteiger partial charge >= 0.3 is 0 Å². The van der Waals surface area contributed by atoms with E-state index >= 15 is 0 Å². The molecule has 1 aliphatic rings. The van der Waals surface area contributed by atoms with E-state index in [1.807, 2.05) is 7.05 Å². The Balaban J connectivity index is 2.58. The normalized spacial score (nSPS) is 27.6. The molecule has 0 saturated carbocycles. The van der Waals surface area contributed by atoms with E-state index in [9.17, 15) is 0 Å². The second-order valence-electron chi connectivity index (χ2n) is 5.15. The summed E-state index contributed by atoms with van der Waals surface area (Å²) in [5.74, 6) is 0. The van der Waals surface area contributed by atoms with Gasteiger partial charge in [-0.3, -0.25) is 0 Å². The molecule has 1 saturated heterocycles. The van der Waals surface area contributed by atoms with Crippen LogP contribution in [0.25, 0.3) is 0 Å². The molecule has 1 rings (SSSR count). The molecule has 1 N–H and O–H groups in total. The second kappa shape index (κ2) is 6.58. The summed E-state index contributed by atoms with van der Waals surface area (Å²) in [5, 5.41) is 3.33. The zero-order valence-electron chi connectivity index (χ0n) is 11.4. The predicted octanol–water partition coefficient (Wildman–Crippen LogP) is 1.73. The maximum absolute atomic E-state index is 5.61. The highest BCUT2D eigenvalue weighted by molar-refractivity contribution is 4.88. The van der Waals surface area contributed by atoms with Crippen molar-refractivity contribution in [2.45, 2.75) is 39.7 Å². The topological polar surface area (TPSA) is 24.5 Å². The minimum atomic E-state index is 0.341. The first kappa shape index (κ1) is 13.9. The second-order valence-corrected chi connectivity index (χ2v) is 5.15. The largest absolute Gasteiger partial charge is 0.381 e. The van der Waals surface area contributed by atoms with E-state index in [4.69, 9.17) is 4.74 Å². The Bertz CT molecular complexity index is 190. The van der Waals surface area contributed by atoms with Crippen LogP contribution in [0.2, 0.25) is 0 Å².